The fourth-order valence-corrected chi connectivity index (χ4v) is 3.71. The van der Waals surface area contributed by atoms with E-state index in [0.29, 0.717) is 11.2 Å². The number of aryl methyl sites for hydroxylation is 1. The van der Waals surface area contributed by atoms with Crippen LogP contribution in [0.4, 0.5) is 5.69 Å². The molecule has 0 radical (unpaired) electrons. The molecule has 0 fully saturated rings. The van der Waals surface area contributed by atoms with Crippen molar-refractivity contribution in [3.05, 3.63) is 71.9 Å². The third-order valence-electron chi connectivity index (χ3n) is 4.44. The summed E-state index contributed by atoms with van der Waals surface area (Å²) in [4.78, 5) is 16.7. The Bertz CT molecular complexity index is 1070. The van der Waals surface area contributed by atoms with E-state index in [-0.39, 0.29) is 25.4 Å². The molecule has 1 heterocycles. The highest BCUT2D eigenvalue weighted by molar-refractivity contribution is 7.88. The molecule has 0 unspecified atom stereocenters. The highest BCUT2D eigenvalue weighted by Gasteiger charge is 2.18. The van der Waals surface area contributed by atoms with E-state index in [1.54, 1.807) is 12.3 Å². The average molecular weight is 398 g/mol. The predicted octanol–water partition coefficient (Wildman–Crippen LogP) is 3.33. The van der Waals surface area contributed by atoms with Crippen LogP contribution in [-0.2, 0) is 21.4 Å². The van der Waals surface area contributed by atoms with Gasteiger partial charge in [-0.15, -0.1) is 0 Å². The highest BCUT2D eigenvalue weighted by atomic mass is 32.2. The van der Waals surface area contributed by atoms with Crippen molar-refractivity contribution in [3.63, 3.8) is 0 Å². The number of aromatic nitrogens is 1. The van der Waals surface area contributed by atoms with Crippen LogP contribution < -0.4 is 5.32 Å². The molecule has 0 atom stereocenters. The van der Waals surface area contributed by atoms with Crippen molar-refractivity contribution in [2.75, 3.05) is 18.1 Å². The maximum Gasteiger partial charge on any atom is 0.225 e. The smallest absolute Gasteiger partial charge is 0.225 e. The molecule has 0 spiro atoms. The van der Waals surface area contributed by atoms with E-state index in [1.807, 2.05) is 55.5 Å². The zero-order chi connectivity index (χ0) is 20.1. The van der Waals surface area contributed by atoms with Crippen LogP contribution in [0, 0.1) is 6.92 Å². The van der Waals surface area contributed by atoms with E-state index in [0.717, 1.165) is 22.8 Å². The topological polar surface area (TPSA) is 79.4 Å². The van der Waals surface area contributed by atoms with E-state index >= 15 is 0 Å². The molecule has 0 aliphatic heterocycles. The average Bonchev–Trinajstić information content (AvgIpc) is 2.66. The molecule has 3 rings (SSSR count). The lowest BCUT2D eigenvalue weighted by Gasteiger charge is -2.20. The maximum atomic E-state index is 12.4. The van der Waals surface area contributed by atoms with Crippen molar-refractivity contribution in [2.24, 2.45) is 0 Å². The zero-order valence-electron chi connectivity index (χ0n) is 15.9. The molecule has 6 nitrogen and oxygen atoms in total. The Morgan fingerprint density at radius 1 is 1.07 bits per heavy atom. The summed E-state index contributed by atoms with van der Waals surface area (Å²) >= 11 is 0. The van der Waals surface area contributed by atoms with Gasteiger partial charge in [-0.25, -0.2) is 8.42 Å². The number of hydrogen-bond donors (Lipinski definition) is 1. The van der Waals surface area contributed by atoms with Gasteiger partial charge in [0.2, 0.25) is 15.9 Å². The van der Waals surface area contributed by atoms with Gasteiger partial charge in [-0.1, -0.05) is 48.0 Å². The number of rotatable bonds is 7. The summed E-state index contributed by atoms with van der Waals surface area (Å²) in [6.45, 7) is 2.32. The number of amides is 1. The summed E-state index contributed by atoms with van der Waals surface area (Å²) in [6, 6.07) is 17.0. The summed E-state index contributed by atoms with van der Waals surface area (Å²) in [5.74, 6) is -0.254. The molecular formula is C21H23N3O3S. The van der Waals surface area contributed by atoms with Gasteiger partial charge in [-0.3, -0.25) is 9.78 Å². The van der Waals surface area contributed by atoms with Crippen molar-refractivity contribution >= 4 is 32.5 Å². The lowest BCUT2D eigenvalue weighted by Crippen LogP contribution is -2.32. The first-order valence-electron chi connectivity index (χ1n) is 8.97. The van der Waals surface area contributed by atoms with E-state index in [4.69, 9.17) is 0 Å². The van der Waals surface area contributed by atoms with E-state index < -0.39 is 10.0 Å². The monoisotopic (exact) mass is 397 g/mol. The third-order valence-corrected chi connectivity index (χ3v) is 5.69. The first-order valence-corrected chi connectivity index (χ1v) is 10.8. The first kappa shape index (κ1) is 20.0. The minimum Gasteiger partial charge on any atom is -0.324 e. The Kier molecular flexibility index (Phi) is 6.06. The van der Waals surface area contributed by atoms with Crippen LogP contribution in [0.2, 0.25) is 0 Å². The van der Waals surface area contributed by atoms with Crippen LogP contribution in [0.3, 0.4) is 0 Å². The minimum atomic E-state index is -3.44. The van der Waals surface area contributed by atoms with Crippen LogP contribution in [0.1, 0.15) is 17.5 Å². The lowest BCUT2D eigenvalue weighted by molar-refractivity contribution is -0.116. The minimum absolute atomic E-state index is 0.0577. The molecule has 1 amide bonds. The fourth-order valence-electron chi connectivity index (χ4n) is 2.90. The Balaban J connectivity index is 1.67. The summed E-state index contributed by atoms with van der Waals surface area (Å²) in [5, 5.41) is 3.77. The molecule has 0 aliphatic rings. The second-order valence-corrected chi connectivity index (χ2v) is 8.74. The predicted molar refractivity (Wildman–Crippen MR) is 111 cm³/mol. The largest absolute Gasteiger partial charge is 0.324 e. The summed E-state index contributed by atoms with van der Waals surface area (Å²) in [7, 11) is -3.44. The Hall–Kier alpha value is -2.77. The number of carbonyl (C=O) groups is 1. The lowest BCUT2D eigenvalue weighted by atomic mass is 10.1. The van der Waals surface area contributed by atoms with Gasteiger partial charge in [0.1, 0.15) is 0 Å². The van der Waals surface area contributed by atoms with E-state index in [9.17, 15) is 13.2 Å². The zero-order valence-corrected chi connectivity index (χ0v) is 16.7. The van der Waals surface area contributed by atoms with Gasteiger partial charge >= 0.3 is 0 Å². The molecule has 2 aromatic carbocycles. The second kappa shape index (κ2) is 8.50. The van der Waals surface area contributed by atoms with Crippen LogP contribution in [0.5, 0.6) is 0 Å². The summed E-state index contributed by atoms with van der Waals surface area (Å²) in [6.07, 6.45) is 2.89. The third kappa shape index (κ3) is 5.15. The number of sulfonamides is 1. The molecule has 0 saturated heterocycles. The van der Waals surface area contributed by atoms with Gasteiger partial charge in [0.25, 0.3) is 0 Å². The first-order chi connectivity index (χ1) is 13.3. The van der Waals surface area contributed by atoms with Gasteiger partial charge in [-0.05, 0) is 24.6 Å². The molecule has 7 heteroatoms. The normalized spacial score (nSPS) is 11.7. The molecule has 3 aromatic rings. The van der Waals surface area contributed by atoms with Gasteiger partial charge in [0, 0.05) is 31.1 Å². The number of carbonyl (C=O) groups excluding carboxylic acids is 1. The molecule has 146 valence electrons. The van der Waals surface area contributed by atoms with Crippen LogP contribution in [0.15, 0.2) is 60.8 Å². The van der Waals surface area contributed by atoms with Gasteiger partial charge in [0.05, 0.1) is 17.5 Å². The van der Waals surface area contributed by atoms with Gasteiger partial charge in [-0.2, -0.15) is 4.31 Å². The molecule has 0 bridgehead atoms. The number of para-hydroxylation sites is 1. The maximum absolute atomic E-state index is 12.4. The van der Waals surface area contributed by atoms with E-state index in [2.05, 4.69) is 10.3 Å². The van der Waals surface area contributed by atoms with Crippen molar-refractivity contribution in [3.8, 4) is 0 Å². The molecule has 0 aliphatic carbocycles. The van der Waals surface area contributed by atoms with Crippen molar-refractivity contribution in [1.29, 1.82) is 0 Å². The summed E-state index contributed by atoms with van der Waals surface area (Å²) in [5.41, 5.74) is 3.32. The van der Waals surface area contributed by atoms with Crippen molar-refractivity contribution in [1.82, 2.24) is 9.29 Å². The van der Waals surface area contributed by atoms with Crippen molar-refractivity contribution in [2.45, 2.75) is 19.9 Å². The molecule has 1 aromatic heterocycles. The van der Waals surface area contributed by atoms with Gasteiger partial charge < -0.3 is 5.32 Å². The number of nitrogens with one attached hydrogen (secondary N) is 1. The number of benzene rings is 2. The molecule has 0 saturated carbocycles. The standard InChI is InChI=1S/C21H23N3O3S/c1-16-8-10-17(11-9-16)15-24(28(2,26)27)14-12-20(25)23-19-7-3-5-18-6-4-13-22-21(18)19/h3-11,13H,12,14-15H2,1-2H3,(H,23,25). The fraction of sp³-hybridized carbons (Fsp3) is 0.238. The Morgan fingerprint density at radius 2 is 1.79 bits per heavy atom. The van der Waals surface area contributed by atoms with Gasteiger partial charge in [0.15, 0.2) is 0 Å². The number of pyridine rings is 1. The summed E-state index contributed by atoms with van der Waals surface area (Å²) < 4.78 is 25.6. The quantitative estimate of drug-likeness (QED) is 0.663. The van der Waals surface area contributed by atoms with Crippen LogP contribution in [-0.4, -0.2) is 36.4 Å². The van der Waals surface area contributed by atoms with E-state index in [1.165, 1.54) is 4.31 Å². The Morgan fingerprint density at radius 3 is 2.50 bits per heavy atom. The second-order valence-electron chi connectivity index (χ2n) is 6.76. The number of anilines is 1. The van der Waals surface area contributed by atoms with Crippen LogP contribution in [0.25, 0.3) is 10.9 Å². The highest BCUT2D eigenvalue weighted by Crippen LogP contribution is 2.21. The molecular weight excluding hydrogens is 374 g/mol. The molecule has 28 heavy (non-hydrogen) atoms. The number of fused-ring (bicyclic) bond motifs is 1. The van der Waals surface area contributed by atoms with Crippen LogP contribution >= 0.6 is 0 Å². The number of nitrogens with zero attached hydrogens (tertiary/aromatic N) is 2. The SMILES string of the molecule is Cc1ccc(CN(CCC(=O)Nc2cccc3cccnc23)S(C)(=O)=O)cc1. The molecule has 1 N–H and O–H groups in total. The number of hydrogen-bond acceptors (Lipinski definition) is 4. The van der Waals surface area contributed by atoms with Crippen molar-refractivity contribution < 1.29 is 13.2 Å². The Labute approximate surface area is 165 Å².